The Hall–Kier alpha value is -3.34. The zero-order chi connectivity index (χ0) is 22.5. The van der Waals surface area contributed by atoms with E-state index < -0.39 is 0 Å². The maximum atomic E-state index is 4.57. The SMILES string of the molecule is CCN(CC)c1ccc(C(c2ccc(N(CC)CC)cc2)n2nnc3ccccc32)cc1. The predicted molar refractivity (Wildman–Crippen MR) is 135 cm³/mol. The minimum Gasteiger partial charge on any atom is -0.372 e. The summed E-state index contributed by atoms with van der Waals surface area (Å²) in [6.07, 6.45) is 0. The minimum absolute atomic E-state index is 0.0427. The van der Waals surface area contributed by atoms with Crippen LogP contribution >= 0.6 is 0 Å². The van der Waals surface area contributed by atoms with E-state index in [-0.39, 0.29) is 6.04 Å². The minimum atomic E-state index is -0.0427. The topological polar surface area (TPSA) is 37.2 Å². The van der Waals surface area contributed by atoms with E-state index in [4.69, 9.17) is 0 Å². The second-order valence-electron chi connectivity index (χ2n) is 7.95. The molecule has 0 atom stereocenters. The van der Waals surface area contributed by atoms with Crippen molar-refractivity contribution in [2.75, 3.05) is 36.0 Å². The molecule has 32 heavy (non-hydrogen) atoms. The molecule has 0 saturated heterocycles. The average molecular weight is 428 g/mol. The summed E-state index contributed by atoms with van der Waals surface area (Å²) in [6.45, 7) is 12.8. The molecule has 0 fully saturated rings. The van der Waals surface area contributed by atoms with Crippen molar-refractivity contribution >= 4 is 22.4 Å². The molecule has 1 aromatic heterocycles. The molecule has 0 aliphatic heterocycles. The highest BCUT2D eigenvalue weighted by molar-refractivity contribution is 5.74. The van der Waals surface area contributed by atoms with Gasteiger partial charge in [-0.25, -0.2) is 4.68 Å². The summed E-state index contributed by atoms with van der Waals surface area (Å²) >= 11 is 0. The molecule has 0 aliphatic carbocycles. The molecule has 4 rings (SSSR count). The van der Waals surface area contributed by atoms with Crippen molar-refractivity contribution in [3.05, 3.63) is 83.9 Å². The molecule has 0 N–H and O–H groups in total. The van der Waals surface area contributed by atoms with Crippen LogP contribution in [0.5, 0.6) is 0 Å². The molecule has 5 nitrogen and oxygen atoms in total. The normalized spacial score (nSPS) is 11.3. The van der Waals surface area contributed by atoms with Gasteiger partial charge in [-0.2, -0.15) is 0 Å². The third-order valence-electron chi connectivity index (χ3n) is 6.30. The van der Waals surface area contributed by atoms with Crippen LogP contribution < -0.4 is 9.80 Å². The van der Waals surface area contributed by atoms with Gasteiger partial charge in [-0.1, -0.05) is 41.6 Å². The Kier molecular flexibility index (Phi) is 6.74. The molecule has 0 unspecified atom stereocenters. The number of aromatic nitrogens is 3. The van der Waals surface area contributed by atoms with Gasteiger partial charge in [0.25, 0.3) is 0 Å². The zero-order valence-electron chi connectivity index (χ0n) is 19.6. The number of hydrogen-bond acceptors (Lipinski definition) is 4. The van der Waals surface area contributed by atoms with E-state index in [0.717, 1.165) is 37.2 Å². The van der Waals surface area contributed by atoms with Gasteiger partial charge < -0.3 is 9.80 Å². The van der Waals surface area contributed by atoms with Gasteiger partial charge in [0.2, 0.25) is 0 Å². The van der Waals surface area contributed by atoms with Crippen LogP contribution in [0.2, 0.25) is 0 Å². The van der Waals surface area contributed by atoms with Crippen molar-refractivity contribution in [1.29, 1.82) is 0 Å². The lowest BCUT2D eigenvalue weighted by atomic mass is 9.97. The van der Waals surface area contributed by atoms with E-state index in [1.54, 1.807) is 0 Å². The number of rotatable bonds is 9. The molecular weight excluding hydrogens is 394 g/mol. The predicted octanol–water partition coefficient (Wildman–Crippen LogP) is 5.76. The Labute approximate surface area is 191 Å². The van der Waals surface area contributed by atoms with E-state index in [1.165, 1.54) is 22.5 Å². The summed E-state index contributed by atoms with van der Waals surface area (Å²) in [5, 5.41) is 9.01. The number of nitrogens with zero attached hydrogens (tertiary/aromatic N) is 5. The van der Waals surface area contributed by atoms with Crippen LogP contribution in [0.4, 0.5) is 11.4 Å². The molecule has 0 saturated carbocycles. The fourth-order valence-corrected chi connectivity index (χ4v) is 4.46. The summed E-state index contributed by atoms with van der Waals surface area (Å²) in [5.74, 6) is 0. The van der Waals surface area contributed by atoms with Crippen molar-refractivity contribution < 1.29 is 0 Å². The first kappa shape index (κ1) is 21.9. The second-order valence-corrected chi connectivity index (χ2v) is 7.95. The Morgan fingerprint density at radius 1 is 0.656 bits per heavy atom. The molecule has 4 aromatic rings. The maximum absolute atomic E-state index is 4.57. The first-order valence-corrected chi connectivity index (χ1v) is 11.7. The lowest BCUT2D eigenvalue weighted by Crippen LogP contribution is -2.22. The van der Waals surface area contributed by atoms with Gasteiger partial charge in [0, 0.05) is 37.6 Å². The molecular formula is C27H33N5. The van der Waals surface area contributed by atoms with E-state index >= 15 is 0 Å². The molecule has 0 radical (unpaired) electrons. The van der Waals surface area contributed by atoms with Gasteiger partial charge in [0.15, 0.2) is 0 Å². The first-order chi connectivity index (χ1) is 15.7. The van der Waals surface area contributed by atoms with E-state index in [1.807, 2.05) is 22.9 Å². The fourth-order valence-electron chi connectivity index (χ4n) is 4.46. The maximum Gasteiger partial charge on any atom is 0.113 e. The average Bonchev–Trinajstić information content (AvgIpc) is 3.26. The number of hydrogen-bond donors (Lipinski definition) is 0. The molecule has 0 aliphatic rings. The lowest BCUT2D eigenvalue weighted by Gasteiger charge is -2.24. The van der Waals surface area contributed by atoms with Crippen LogP contribution in [0.25, 0.3) is 11.0 Å². The van der Waals surface area contributed by atoms with E-state index in [2.05, 4.69) is 102 Å². The lowest BCUT2D eigenvalue weighted by molar-refractivity contribution is 0.588. The highest BCUT2D eigenvalue weighted by atomic mass is 15.4. The molecule has 0 spiro atoms. The van der Waals surface area contributed by atoms with Crippen LogP contribution in [0, 0.1) is 0 Å². The van der Waals surface area contributed by atoms with Crippen molar-refractivity contribution in [1.82, 2.24) is 15.0 Å². The van der Waals surface area contributed by atoms with Crippen LogP contribution in [-0.2, 0) is 0 Å². The van der Waals surface area contributed by atoms with Crippen molar-refractivity contribution in [3.8, 4) is 0 Å². The summed E-state index contributed by atoms with van der Waals surface area (Å²) in [6, 6.07) is 25.9. The standard InChI is InChI=1S/C27H33N5/c1-5-30(6-2)23-17-13-21(14-18-23)27(32-26-12-10-9-11-25(26)28-29-32)22-15-19-24(20-16-22)31(7-3)8-4/h9-20,27H,5-8H2,1-4H3. The second kappa shape index (κ2) is 9.86. The van der Waals surface area contributed by atoms with Gasteiger partial charge in [-0.3, -0.25) is 0 Å². The molecule has 166 valence electrons. The number of fused-ring (bicyclic) bond motifs is 1. The van der Waals surface area contributed by atoms with Crippen molar-refractivity contribution in [2.24, 2.45) is 0 Å². The third-order valence-corrected chi connectivity index (χ3v) is 6.30. The van der Waals surface area contributed by atoms with Gasteiger partial charge in [-0.05, 0) is 75.2 Å². The highest BCUT2D eigenvalue weighted by Crippen LogP contribution is 2.31. The Balaban J connectivity index is 1.79. The summed E-state index contributed by atoms with van der Waals surface area (Å²) in [7, 11) is 0. The van der Waals surface area contributed by atoms with E-state index in [0.29, 0.717) is 0 Å². The largest absolute Gasteiger partial charge is 0.372 e. The first-order valence-electron chi connectivity index (χ1n) is 11.7. The number of anilines is 2. The molecule has 3 aromatic carbocycles. The Bertz CT molecular complexity index is 1070. The fraction of sp³-hybridized carbons (Fsp3) is 0.333. The summed E-state index contributed by atoms with van der Waals surface area (Å²) in [5.41, 5.74) is 6.85. The highest BCUT2D eigenvalue weighted by Gasteiger charge is 2.21. The van der Waals surface area contributed by atoms with Crippen molar-refractivity contribution in [2.45, 2.75) is 33.7 Å². The van der Waals surface area contributed by atoms with Gasteiger partial charge in [0.1, 0.15) is 11.6 Å². The monoisotopic (exact) mass is 427 g/mol. The van der Waals surface area contributed by atoms with Gasteiger partial charge >= 0.3 is 0 Å². The Morgan fingerprint density at radius 3 is 1.59 bits per heavy atom. The van der Waals surface area contributed by atoms with Crippen LogP contribution in [0.3, 0.4) is 0 Å². The van der Waals surface area contributed by atoms with Crippen LogP contribution in [0.1, 0.15) is 44.9 Å². The molecule has 5 heteroatoms. The van der Waals surface area contributed by atoms with E-state index in [9.17, 15) is 0 Å². The smallest absolute Gasteiger partial charge is 0.113 e. The number of benzene rings is 3. The summed E-state index contributed by atoms with van der Waals surface area (Å²) < 4.78 is 2.05. The molecule has 1 heterocycles. The van der Waals surface area contributed by atoms with Gasteiger partial charge in [-0.15, -0.1) is 5.10 Å². The van der Waals surface area contributed by atoms with Crippen LogP contribution in [-0.4, -0.2) is 41.2 Å². The van der Waals surface area contributed by atoms with Crippen molar-refractivity contribution in [3.63, 3.8) is 0 Å². The molecule has 0 bridgehead atoms. The van der Waals surface area contributed by atoms with Gasteiger partial charge in [0.05, 0.1) is 5.52 Å². The third kappa shape index (κ3) is 4.20. The number of para-hydroxylation sites is 1. The Morgan fingerprint density at radius 2 is 1.12 bits per heavy atom. The summed E-state index contributed by atoms with van der Waals surface area (Å²) in [4.78, 5) is 4.73. The quantitative estimate of drug-likeness (QED) is 0.340. The van der Waals surface area contributed by atoms with Crippen LogP contribution in [0.15, 0.2) is 72.8 Å². The zero-order valence-corrected chi connectivity index (χ0v) is 19.6. The molecule has 0 amide bonds.